The highest BCUT2D eigenvalue weighted by molar-refractivity contribution is 5.58. The summed E-state index contributed by atoms with van der Waals surface area (Å²) in [6.45, 7) is 6.68. The molecule has 0 radical (unpaired) electrons. The number of likely N-dealkylation sites (tertiary alicyclic amines) is 1. The minimum Gasteiger partial charge on any atom is -0.302 e. The molecule has 1 saturated carbocycles. The second kappa shape index (κ2) is 3.09. The van der Waals surface area contributed by atoms with Gasteiger partial charge in [0.1, 0.15) is 6.29 Å². The number of aldehydes is 1. The first kappa shape index (κ1) is 9.20. The Morgan fingerprint density at radius 1 is 1.62 bits per heavy atom. The largest absolute Gasteiger partial charge is 0.302 e. The number of likely N-dealkylation sites (N-methyl/N-ethyl adjacent to an activating group) is 1. The van der Waals surface area contributed by atoms with Gasteiger partial charge in [-0.25, -0.2) is 0 Å². The highest BCUT2D eigenvalue weighted by Crippen LogP contribution is 2.53. The highest BCUT2D eigenvalue weighted by atomic mass is 16.1. The number of hydrogen-bond acceptors (Lipinski definition) is 2. The van der Waals surface area contributed by atoms with Gasteiger partial charge < -0.3 is 4.79 Å². The summed E-state index contributed by atoms with van der Waals surface area (Å²) < 4.78 is 0. The standard InChI is InChI=1S/C11H19NO/c1-3-12-8-11(5-4-9(11)2)6-10(12)7-13/h7,9-10H,3-6,8H2,1-2H3/t9?,10-,11?/m0/s1. The fourth-order valence-electron chi connectivity index (χ4n) is 2.99. The molecule has 0 aromatic rings. The Bertz CT molecular complexity index is 216. The van der Waals surface area contributed by atoms with Crippen molar-refractivity contribution in [2.24, 2.45) is 11.3 Å². The summed E-state index contributed by atoms with van der Waals surface area (Å²) >= 11 is 0. The van der Waals surface area contributed by atoms with Gasteiger partial charge in [-0.15, -0.1) is 0 Å². The average Bonchev–Trinajstić information content (AvgIpc) is 2.56. The summed E-state index contributed by atoms with van der Waals surface area (Å²) in [6.07, 6.45) is 4.97. The Morgan fingerprint density at radius 3 is 2.69 bits per heavy atom. The summed E-state index contributed by atoms with van der Waals surface area (Å²) in [5, 5.41) is 0. The zero-order chi connectivity index (χ0) is 9.47. The summed E-state index contributed by atoms with van der Waals surface area (Å²) in [5.74, 6) is 0.839. The molecule has 13 heavy (non-hydrogen) atoms. The van der Waals surface area contributed by atoms with Crippen molar-refractivity contribution < 1.29 is 4.79 Å². The molecule has 2 aliphatic rings. The molecule has 1 heterocycles. The van der Waals surface area contributed by atoms with E-state index in [2.05, 4.69) is 18.7 Å². The Balaban J connectivity index is 2.08. The molecule has 2 heteroatoms. The van der Waals surface area contributed by atoms with Crippen LogP contribution in [-0.2, 0) is 4.79 Å². The molecular formula is C11H19NO. The van der Waals surface area contributed by atoms with E-state index in [9.17, 15) is 4.79 Å². The first-order valence-corrected chi connectivity index (χ1v) is 5.41. The van der Waals surface area contributed by atoms with Crippen molar-refractivity contribution in [3.63, 3.8) is 0 Å². The van der Waals surface area contributed by atoms with Gasteiger partial charge in [0.15, 0.2) is 0 Å². The van der Waals surface area contributed by atoms with Crippen molar-refractivity contribution in [1.29, 1.82) is 0 Å². The van der Waals surface area contributed by atoms with Gasteiger partial charge in [0.2, 0.25) is 0 Å². The van der Waals surface area contributed by atoms with E-state index >= 15 is 0 Å². The molecule has 2 unspecified atom stereocenters. The summed E-state index contributed by atoms with van der Waals surface area (Å²) in [7, 11) is 0. The normalized spacial score (nSPS) is 45.1. The van der Waals surface area contributed by atoms with Crippen molar-refractivity contribution in [3.8, 4) is 0 Å². The van der Waals surface area contributed by atoms with Gasteiger partial charge in [-0.05, 0) is 37.1 Å². The van der Waals surface area contributed by atoms with E-state index < -0.39 is 0 Å². The van der Waals surface area contributed by atoms with Gasteiger partial charge in [-0.1, -0.05) is 13.8 Å². The zero-order valence-corrected chi connectivity index (χ0v) is 8.62. The van der Waals surface area contributed by atoms with E-state index in [1.165, 1.54) is 12.8 Å². The molecule has 0 bridgehead atoms. The van der Waals surface area contributed by atoms with Crippen molar-refractivity contribution in [2.45, 2.75) is 39.2 Å². The van der Waals surface area contributed by atoms with Crippen LogP contribution in [0.1, 0.15) is 33.1 Å². The van der Waals surface area contributed by atoms with E-state index in [-0.39, 0.29) is 6.04 Å². The average molecular weight is 181 g/mol. The van der Waals surface area contributed by atoms with Crippen LogP contribution in [0.25, 0.3) is 0 Å². The summed E-state index contributed by atoms with van der Waals surface area (Å²) in [5.41, 5.74) is 0.515. The van der Waals surface area contributed by atoms with E-state index in [1.807, 2.05) is 0 Å². The van der Waals surface area contributed by atoms with Crippen LogP contribution in [0.5, 0.6) is 0 Å². The second-order valence-electron chi connectivity index (χ2n) is 4.77. The van der Waals surface area contributed by atoms with Crippen LogP contribution in [0.3, 0.4) is 0 Å². The van der Waals surface area contributed by atoms with Gasteiger partial charge in [-0.2, -0.15) is 0 Å². The number of rotatable bonds is 2. The number of hydrogen-bond donors (Lipinski definition) is 0. The lowest BCUT2D eigenvalue weighted by atomic mass is 9.60. The van der Waals surface area contributed by atoms with E-state index in [4.69, 9.17) is 0 Å². The Morgan fingerprint density at radius 2 is 2.38 bits per heavy atom. The van der Waals surface area contributed by atoms with E-state index in [0.29, 0.717) is 5.41 Å². The van der Waals surface area contributed by atoms with Crippen LogP contribution in [0, 0.1) is 11.3 Å². The molecule has 74 valence electrons. The van der Waals surface area contributed by atoms with Gasteiger partial charge in [0.25, 0.3) is 0 Å². The van der Waals surface area contributed by atoms with Crippen LogP contribution < -0.4 is 0 Å². The van der Waals surface area contributed by atoms with E-state index in [0.717, 1.165) is 31.7 Å². The molecule has 2 rings (SSSR count). The minimum atomic E-state index is 0.216. The third kappa shape index (κ3) is 1.23. The number of nitrogens with zero attached hydrogens (tertiary/aromatic N) is 1. The molecule has 0 N–H and O–H groups in total. The molecular weight excluding hydrogens is 162 g/mol. The molecule has 1 saturated heterocycles. The maximum Gasteiger partial charge on any atom is 0.137 e. The first-order chi connectivity index (χ1) is 6.22. The predicted molar refractivity (Wildman–Crippen MR) is 52.5 cm³/mol. The van der Waals surface area contributed by atoms with Crippen LogP contribution in [0.4, 0.5) is 0 Å². The molecule has 0 amide bonds. The van der Waals surface area contributed by atoms with Gasteiger partial charge in [-0.3, -0.25) is 4.90 Å². The van der Waals surface area contributed by atoms with Crippen molar-refractivity contribution in [1.82, 2.24) is 4.90 Å². The maximum atomic E-state index is 10.9. The Labute approximate surface area is 80.3 Å². The molecule has 1 aliphatic carbocycles. The van der Waals surface area contributed by atoms with Crippen molar-refractivity contribution >= 4 is 6.29 Å². The molecule has 2 nitrogen and oxygen atoms in total. The third-order valence-electron chi connectivity index (χ3n) is 4.29. The summed E-state index contributed by atoms with van der Waals surface area (Å²) in [6, 6.07) is 0.216. The smallest absolute Gasteiger partial charge is 0.137 e. The van der Waals surface area contributed by atoms with E-state index in [1.54, 1.807) is 0 Å². The third-order valence-corrected chi connectivity index (χ3v) is 4.29. The van der Waals surface area contributed by atoms with Gasteiger partial charge in [0.05, 0.1) is 6.04 Å². The molecule has 1 spiro atoms. The summed E-state index contributed by atoms with van der Waals surface area (Å²) in [4.78, 5) is 13.2. The Kier molecular flexibility index (Phi) is 2.18. The monoisotopic (exact) mass is 181 g/mol. The lowest BCUT2D eigenvalue weighted by molar-refractivity contribution is -0.111. The second-order valence-corrected chi connectivity index (χ2v) is 4.77. The van der Waals surface area contributed by atoms with Gasteiger partial charge in [0, 0.05) is 6.54 Å². The molecule has 0 aromatic heterocycles. The maximum absolute atomic E-state index is 10.9. The quantitative estimate of drug-likeness (QED) is 0.604. The van der Waals surface area contributed by atoms with Crippen LogP contribution >= 0.6 is 0 Å². The fourth-order valence-corrected chi connectivity index (χ4v) is 2.99. The lowest BCUT2D eigenvalue weighted by Gasteiger charge is -2.45. The SMILES string of the molecule is CCN1CC2(CCC2C)C[C@H]1C=O. The van der Waals surface area contributed by atoms with Crippen molar-refractivity contribution in [2.75, 3.05) is 13.1 Å². The minimum absolute atomic E-state index is 0.216. The van der Waals surface area contributed by atoms with Crippen LogP contribution in [-0.4, -0.2) is 30.3 Å². The Hall–Kier alpha value is -0.370. The topological polar surface area (TPSA) is 20.3 Å². The van der Waals surface area contributed by atoms with Crippen molar-refractivity contribution in [3.05, 3.63) is 0 Å². The number of carbonyl (C=O) groups is 1. The predicted octanol–water partition coefficient (Wildman–Crippen LogP) is 1.70. The molecule has 1 aliphatic heterocycles. The van der Waals surface area contributed by atoms with Crippen LogP contribution in [0.15, 0.2) is 0 Å². The van der Waals surface area contributed by atoms with Gasteiger partial charge >= 0.3 is 0 Å². The van der Waals surface area contributed by atoms with Crippen LogP contribution in [0.2, 0.25) is 0 Å². The molecule has 3 atom stereocenters. The number of carbonyl (C=O) groups excluding carboxylic acids is 1. The molecule has 0 aromatic carbocycles. The highest BCUT2D eigenvalue weighted by Gasteiger charge is 2.51. The first-order valence-electron chi connectivity index (χ1n) is 5.41. The fraction of sp³-hybridized carbons (Fsp3) is 0.909. The lowest BCUT2D eigenvalue weighted by Crippen LogP contribution is -2.40. The zero-order valence-electron chi connectivity index (χ0n) is 8.62. The molecule has 2 fully saturated rings.